The predicted octanol–water partition coefficient (Wildman–Crippen LogP) is 3.63. The topological polar surface area (TPSA) is 49.4 Å². The van der Waals surface area contributed by atoms with E-state index in [9.17, 15) is 9.59 Å². The van der Waals surface area contributed by atoms with Crippen LogP contribution in [0.3, 0.4) is 0 Å². The summed E-state index contributed by atoms with van der Waals surface area (Å²) in [5, 5.41) is 3.46. The Balaban J connectivity index is 1.76. The van der Waals surface area contributed by atoms with E-state index in [1.165, 1.54) is 0 Å². The number of nitrogens with one attached hydrogen (secondary N) is 1. The molecule has 1 heterocycles. The molecule has 1 aliphatic heterocycles. The van der Waals surface area contributed by atoms with Crippen molar-refractivity contribution < 1.29 is 9.59 Å². The second-order valence-corrected chi connectivity index (χ2v) is 6.08. The third kappa shape index (κ3) is 2.82. The molecule has 2 aromatic carbocycles. The number of carbonyl (C=O) groups is 2. The molecule has 2 aromatic rings. The molecule has 0 aliphatic carbocycles. The largest absolute Gasteiger partial charge is 0.324 e. The first-order chi connectivity index (χ1) is 11.0. The maximum atomic E-state index is 12.5. The van der Waals surface area contributed by atoms with Gasteiger partial charge in [-0.3, -0.25) is 9.59 Å². The molecule has 1 aliphatic rings. The quantitative estimate of drug-likeness (QED) is 0.935. The highest BCUT2D eigenvalue weighted by molar-refractivity contribution is 6.31. The number of nitrogens with zero attached hydrogens (tertiary/aromatic N) is 1. The number of benzene rings is 2. The van der Waals surface area contributed by atoms with Gasteiger partial charge in [-0.15, -0.1) is 0 Å². The van der Waals surface area contributed by atoms with Gasteiger partial charge in [0.1, 0.15) is 6.04 Å². The van der Waals surface area contributed by atoms with Gasteiger partial charge in [-0.05, 0) is 43.2 Å². The van der Waals surface area contributed by atoms with E-state index in [2.05, 4.69) is 5.32 Å². The zero-order valence-corrected chi connectivity index (χ0v) is 13.7. The van der Waals surface area contributed by atoms with Crippen molar-refractivity contribution in [2.24, 2.45) is 0 Å². The van der Waals surface area contributed by atoms with Crippen molar-refractivity contribution >= 4 is 29.1 Å². The molecule has 23 heavy (non-hydrogen) atoms. The van der Waals surface area contributed by atoms with Crippen molar-refractivity contribution in [2.75, 3.05) is 5.32 Å². The van der Waals surface area contributed by atoms with Gasteiger partial charge in [-0.25, -0.2) is 0 Å². The van der Waals surface area contributed by atoms with Crippen LogP contribution in [0.1, 0.15) is 28.4 Å². The summed E-state index contributed by atoms with van der Waals surface area (Å²) in [4.78, 5) is 26.5. The Morgan fingerprint density at radius 3 is 2.70 bits per heavy atom. The van der Waals surface area contributed by atoms with Crippen LogP contribution in [0.2, 0.25) is 5.02 Å². The summed E-state index contributed by atoms with van der Waals surface area (Å²) in [7, 11) is 0. The third-order valence-corrected chi connectivity index (χ3v) is 4.63. The number of halogens is 1. The van der Waals surface area contributed by atoms with Crippen LogP contribution in [-0.2, 0) is 11.3 Å². The van der Waals surface area contributed by atoms with Crippen molar-refractivity contribution in [3.8, 4) is 0 Å². The van der Waals surface area contributed by atoms with E-state index in [0.29, 0.717) is 22.8 Å². The summed E-state index contributed by atoms with van der Waals surface area (Å²) in [6, 6.07) is 12.2. The summed E-state index contributed by atoms with van der Waals surface area (Å²) < 4.78 is 0. The van der Waals surface area contributed by atoms with E-state index in [4.69, 9.17) is 11.6 Å². The molecule has 0 saturated carbocycles. The molecular weight excluding hydrogens is 312 g/mol. The SMILES string of the molecule is Cc1c(Cl)cccc1NC(=O)[C@@H](C)N1Cc2ccccc2C1=O. The molecule has 4 nitrogen and oxygen atoms in total. The molecule has 118 valence electrons. The van der Waals surface area contributed by atoms with Gasteiger partial charge in [0, 0.05) is 22.8 Å². The van der Waals surface area contributed by atoms with E-state index in [-0.39, 0.29) is 11.8 Å². The maximum Gasteiger partial charge on any atom is 0.255 e. The van der Waals surface area contributed by atoms with Gasteiger partial charge >= 0.3 is 0 Å². The van der Waals surface area contributed by atoms with Crippen molar-refractivity contribution in [2.45, 2.75) is 26.4 Å². The van der Waals surface area contributed by atoms with Gasteiger partial charge in [-0.1, -0.05) is 35.9 Å². The Labute approximate surface area is 140 Å². The smallest absolute Gasteiger partial charge is 0.255 e. The minimum atomic E-state index is -0.562. The van der Waals surface area contributed by atoms with Crippen LogP contribution in [0.25, 0.3) is 0 Å². The van der Waals surface area contributed by atoms with Crippen molar-refractivity contribution in [1.29, 1.82) is 0 Å². The molecule has 1 atom stereocenters. The van der Waals surface area contributed by atoms with E-state index < -0.39 is 6.04 Å². The van der Waals surface area contributed by atoms with Gasteiger partial charge in [0.25, 0.3) is 5.91 Å². The molecule has 2 amide bonds. The van der Waals surface area contributed by atoms with Crippen LogP contribution in [0.5, 0.6) is 0 Å². The normalized spacial score (nSPS) is 14.6. The van der Waals surface area contributed by atoms with Crippen LogP contribution in [-0.4, -0.2) is 22.8 Å². The lowest BCUT2D eigenvalue weighted by molar-refractivity contribution is -0.120. The van der Waals surface area contributed by atoms with Crippen molar-refractivity contribution in [1.82, 2.24) is 4.90 Å². The molecule has 5 heteroatoms. The third-order valence-electron chi connectivity index (χ3n) is 4.22. The second kappa shape index (κ2) is 6.05. The molecule has 0 aromatic heterocycles. The van der Waals surface area contributed by atoms with Gasteiger partial charge < -0.3 is 10.2 Å². The fourth-order valence-electron chi connectivity index (χ4n) is 2.71. The fraction of sp³-hybridized carbons (Fsp3) is 0.222. The van der Waals surface area contributed by atoms with Crippen molar-refractivity contribution in [3.05, 3.63) is 64.2 Å². The second-order valence-electron chi connectivity index (χ2n) is 5.67. The van der Waals surface area contributed by atoms with Crippen LogP contribution in [0.4, 0.5) is 5.69 Å². The molecule has 0 saturated heterocycles. The number of anilines is 1. The van der Waals surface area contributed by atoms with Crippen LogP contribution >= 0.6 is 11.6 Å². The standard InChI is InChI=1S/C18H17ClN2O2/c1-11-15(19)8-5-9-16(11)20-17(22)12(2)21-10-13-6-3-4-7-14(13)18(21)23/h3-9,12H,10H2,1-2H3,(H,20,22)/t12-/m1/s1. The lowest BCUT2D eigenvalue weighted by Crippen LogP contribution is -2.42. The molecular formula is C18H17ClN2O2. The Bertz CT molecular complexity index is 788. The van der Waals surface area contributed by atoms with Gasteiger partial charge in [0.15, 0.2) is 0 Å². The van der Waals surface area contributed by atoms with Crippen LogP contribution in [0.15, 0.2) is 42.5 Å². The highest BCUT2D eigenvalue weighted by Crippen LogP contribution is 2.26. The number of hydrogen-bond acceptors (Lipinski definition) is 2. The lowest BCUT2D eigenvalue weighted by Gasteiger charge is -2.23. The Morgan fingerprint density at radius 2 is 1.96 bits per heavy atom. The lowest BCUT2D eigenvalue weighted by atomic mass is 10.1. The number of carbonyl (C=O) groups excluding carboxylic acids is 2. The van der Waals surface area contributed by atoms with Gasteiger partial charge in [-0.2, -0.15) is 0 Å². The van der Waals surface area contributed by atoms with Crippen LogP contribution < -0.4 is 5.32 Å². The summed E-state index contributed by atoms with van der Waals surface area (Å²) in [6.07, 6.45) is 0. The number of fused-ring (bicyclic) bond motifs is 1. The molecule has 0 unspecified atom stereocenters. The predicted molar refractivity (Wildman–Crippen MR) is 90.6 cm³/mol. The Morgan fingerprint density at radius 1 is 1.22 bits per heavy atom. The van der Waals surface area contributed by atoms with E-state index in [1.807, 2.05) is 25.1 Å². The monoisotopic (exact) mass is 328 g/mol. The average molecular weight is 329 g/mol. The van der Waals surface area contributed by atoms with Crippen molar-refractivity contribution in [3.63, 3.8) is 0 Å². The highest BCUT2D eigenvalue weighted by Gasteiger charge is 2.33. The van der Waals surface area contributed by atoms with E-state index in [0.717, 1.165) is 11.1 Å². The summed E-state index contributed by atoms with van der Waals surface area (Å²) >= 11 is 6.07. The zero-order chi connectivity index (χ0) is 16.6. The number of amides is 2. The first kappa shape index (κ1) is 15.6. The number of rotatable bonds is 3. The van der Waals surface area contributed by atoms with E-state index >= 15 is 0 Å². The molecule has 3 rings (SSSR count). The number of hydrogen-bond donors (Lipinski definition) is 1. The first-order valence-electron chi connectivity index (χ1n) is 7.44. The summed E-state index contributed by atoms with van der Waals surface area (Å²) in [6.45, 7) is 4.04. The zero-order valence-electron chi connectivity index (χ0n) is 13.0. The summed E-state index contributed by atoms with van der Waals surface area (Å²) in [5.41, 5.74) is 3.10. The molecule has 1 N–H and O–H groups in total. The van der Waals surface area contributed by atoms with Gasteiger partial charge in [0.2, 0.25) is 5.91 Å². The Kier molecular flexibility index (Phi) is 4.09. The molecule has 0 spiro atoms. The fourth-order valence-corrected chi connectivity index (χ4v) is 2.89. The highest BCUT2D eigenvalue weighted by atomic mass is 35.5. The van der Waals surface area contributed by atoms with Gasteiger partial charge in [0.05, 0.1) is 0 Å². The molecule has 0 bridgehead atoms. The van der Waals surface area contributed by atoms with Crippen LogP contribution in [0, 0.1) is 6.92 Å². The first-order valence-corrected chi connectivity index (χ1v) is 7.81. The molecule has 0 fully saturated rings. The minimum Gasteiger partial charge on any atom is -0.324 e. The minimum absolute atomic E-state index is 0.105. The molecule has 0 radical (unpaired) electrons. The Hall–Kier alpha value is -2.33. The van der Waals surface area contributed by atoms with E-state index in [1.54, 1.807) is 36.1 Å². The maximum absolute atomic E-state index is 12.5. The summed E-state index contributed by atoms with van der Waals surface area (Å²) in [5.74, 6) is -0.331. The average Bonchev–Trinajstić information content (AvgIpc) is 2.88.